The van der Waals surface area contributed by atoms with Crippen molar-refractivity contribution in [3.05, 3.63) is 30.1 Å². The van der Waals surface area contributed by atoms with Crippen LogP contribution in [0.5, 0.6) is 0 Å². The van der Waals surface area contributed by atoms with E-state index in [1.54, 1.807) is 6.20 Å². The Labute approximate surface area is 90.8 Å². The molecule has 15 heavy (non-hydrogen) atoms. The lowest BCUT2D eigenvalue weighted by atomic mass is 9.86. The molecule has 1 aromatic rings. The van der Waals surface area contributed by atoms with Crippen LogP contribution in [0.25, 0.3) is 0 Å². The Hall–Kier alpha value is -0.930. The highest BCUT2D eigenvalue weighted by atomic mass is 16.3. The molecule has 0 aromatic carbocycles. The van der Waals surface area contributed by atoms with E-state index < -0.39 is 0 Å². The third-order valence-electron chi connectivity index (χ3n) is 3.27. The highest BCUT2D eigenvalue weighted by Gasteiger charge is 2.29. The number of nitrogens with zero attached hydrogens (tertiary/aromatic N) is 2. The smallest absolute Gasteiger partial charge is 0.0477 e. The van der Waals surface area contributed by atoms with Gasteiger partial charge < -0.3 is 5.11 Å². The lowest BCUT2D eigenvalue weighted by Gasteiger charge is -2.38. The third kappa shape index (κ3) is 2.19. The SMILES string of the molecule is CN1CCC[C@H](CO)[C@H]1c1cccnc1. The van der Waals surface area contributed by atoms with Crippen molar-refractivity contribution >= 4 is 0 Å². The average Bonchev–Trinajstić information content (AvgIpc) is 2.29. The molecule has 2 rings (SSSR count). The quantitative estimate of drug-likeness (QED) is 0.795. The van der Waals surface area contributed by atoms with Crippen LogP contribution in [-0.4, -0.2) is 35.2 Å². The molecule has 0 aliphatic carbocycles. The predicted octanol–water partition coefficient (Wildman–Crippen LogP) is 1.46. The second kappa shape index (κ2) is 4.73. The van der Waals surface area contributed by atoms with Crippen molar-refractivity contribution in [2.24, 2.45) is 5.92 Å². The van der Waals surface area contributed by atoms with E-state index >= 15 is 0 Å². The minimum absolute atomic E-state index is 0.268. The number of piperidine rings is 1. The lowest BCUT2D eigenvalue weighted by molar-refractivity contribution is 0.0741. The van der Waals surface area contributed by atoms with Gasteiger partial charge in [0.25, 0.3) is 0 Å². The largest absolute Gasteiger partial charge is 0.396 e. The minimum atomic E-state index is 0.268. The average molecular weight is 206 g/mol. The maximum absolute atomic E-state index is 9.39. The third-order valence-corrected chi connectivity index (χ3v) is 3.27. The van der Waals surface area contributed by atoms with Crippen LogP contribution in [-0.2, 0) is 0 Å². The summed E-state index contributed by atoms with van der Waals surface area (Å²) in [7, 11) is 2.12. The number of hydrogen-bond donors (Lipinski definition) is 1. The normalized spacial score (nSPS) is 27.9. The van der Waals surface area contributed by atoms with Crippen LogP contribution in [0.4, 0.5) is 0 Å². The highest BCUT2D eigenvalue weighted by Crippen LogP contribution is 2.33. The molecule has 0 radical (unpaired) electrons. The molecule has 1 aliphatic rings. The van der Waals surface area contributed by atoms with Crippen molar-refractivity contribution in [2.75, 3.05) is 20.2 Å². The molecule has 0 bridgehead atoms. The summed E-state index contributed by atoms with van der Waals surface area (Å²) in [5.41, 5.74) is 1.22. The van der Waals surface area contributed by atoms with Crippen LogP contribution in [0.3, 0.4) is 0 Å². The van der Waals surface area contributed by atoms with Crippen LogP contribution in [0.1, 0.15) is 24.4 Å². The van der Waals surface area contributed by atoms with Gasteiger partial charge in [-0.15, -0.1) is 0 Å². The van der Waals surface area contributed by atoms with E-state index in [9.17, 15) is 5.11 Å². The minimum Gasteiger partial charge on any atom is -0.396 e. The number of pyridine rings is 1. The van der Waals surface area contributed by atoms with Crippen molar-refractivity contribution in [1.82, 2.24) is 9.88 Å². The zero-order valence-electron chi connectivity index (χ0n) is 9.13. The first-order valence-electron chi connectivity index (χ1n) is 5.54. The molecule has 3 nitrogen and oxygen atoms in total. The van der Waals surface area contributed by atoms with Crippen molar-refractivity contribution in [3.8, 4) is 0 Å². The van der Waals surface area contributed by atoms with Crippen LogP contribution in [0, 0.1) is 5.92 Å². The summed E-state index contributed by atoms with van der Waals surface area (Å²) in [5, 5.41) is 9.39. The number of hydrogen-bond acceptors (Lipinski definition) is 3. The van der Waals surface area contributed by atoms with Gasteiger partial charge in [0.2, 0.25) is 0 Å². The zero-order chi connectivity index (χ0) is 10.7. The second-order valence-electron chi connectivity index (χ2n) is 4.30. The molecule has 1 fully saturated rings. The molecule has 2 atom stereocenters. The van der Waals surface area contributed by atoms with Gasteiger partial charge in [0, 0.05) is 31.0 Å². The Balaban J connectivity index is 2.23. The molecule has 1 saturated heterocycles. The molecule has 1 N–H and O–H groups in total. The van der Waals surface area contributed by atoms with E-state index in [2.05, 4.69) is 23.0 Å². The van der Waals surface area contributed by atoms with Gasteiger partial charge >= 0.3 is 0 Å². The van der Waals surface area contributed by atoms with Gasteiger partial charge in [-0.2, -0.15) is 0 Å². The first kappa shape index (κ1) is 10.6. The molecule has 0 saturated carbocycles. The topological polar surface area (TPSA) is 36.4 Å². The standard InChI is InChI=1S/C12H18N2O/c1-14-7-3-5-11(9-15)12(14)10-4-2-6-13-8-10/h2,4,6,8,11-12,15H,3,5,7,9H2,1H3/t11-,12-/m1/s1. The van der Waals surface area contributed by atoms with Crippen molar-refractivity contribution < 1.29 is 5.11 Å². The van der Waals surface area contributed by atoms with Crippen LogP contribution in [0.15, 0.2) is 24.5 Å². The molecule has 3 heteroatoms. The number of aromatic nitrogens is 1. The van der Waals surface area contributed by atoms with Crippen molar-refractivity contribution in [2.45, 2.75) is 18.9 Å². The maximum Gasteiger partial charge on any atom is 0.0477 e. The van der Waals surface area contributed by atoms with Crippen LogP contribution in [0.2, 0.25) is 0 Å². The van der Waals surface area contributed by atoms with Gasteiger partial charge in [-0.3, -0.25) is 9.88 Å². The van der Waals surface area contributed by atoms with E-state index in [1.807, 2.05) is 12.3 Å². The Bertz CT molecular complexity index is 302. The fraction of sp³-hybridized carbons (Fsp3) is 0.583. The number of aliphatic hydroxyl groups is 1. The summed E-state index contributed by atoms with van der Waals surface area (Å²) in [5.74, 6) is 0.355. The van der Waals surface area contributed by atoms with E-state index in [0.29, 0.717) is 12.0 Å². The summed E-state index contributed by atoms with van der Waals surface area (Å²) >= 11 is 0. The number of aliphatic hydroxyl groups excluding tert-OH is 1. The van der Waals surface area contributed by atoms with E-state index in [4.69, 9.17) is 0 Å². The maximum atomic E-state index is 9.39. The molecule has 1 aromatic heterocycles. The fourth-order valence-corrected chi connectivity index (χ4v) is 2.53. The van der Waals surface area contributed by atoms with Gasteiger partial charge in [-0.1, -0.05) is 6.07 Å². The molecular formula is C12H18N2O. The summed E-state index contributed by atoms with van der Waals surface area (Å²) < 4.78 is 0. The molecule has 0 unspecified atom stereocenters. The number of likely N-dealkylation sites (tertiary alicyclic amines) is 1. The van der Waals surface area contributed by atoms with Gasteiger partial charge in [-0.05, 0) is 38.1 Å². The van der Waals surface area contributed by atoms with Gasteiger partial charge in [0.05, 0.1) is 0 Å². The number of rotatable bonds is 2. The predicted molar refractivity (Wildman–Crippen MR) is 59.4 cm³/mol. The van der Waals surface area contributed by atoms with E-state index in [0.717, 1.165) is 13.0 Å². The van der Waals surface area contributed by atoms with Crippen molar-refractivity contribution in [1.29, 1.82) is 0 Å². The Morgan fingerprint density at radius 2 is 2.47 bits per heavy atom. The Morgan fingerprint density at radius 1 is 1.60 bits per heavy atom. The molecule has 82 valence electrons. The molecule has 0 spiro atoms. The second-order valence-corrected chi connectivity index (χ2v) is 4.30. The van der Waals surface area contributed by atoms with E-state index in [1.165, 1.54) is 12.0 Å². The monoisotopic (exact) mass is 206 g/mol. The van der Waals surface area contributed by atoms with Gasteiger partial charge in [0.15, 0.2) is 0 Å². The van der Waals surface area contributed by atoms with Crippen LogP contribution >= 0.6 is 0 Å². The zero-order valence-corrected chi connectivity index (χ0v) is 9.13. The van der Waals surface area contributed by atoms with E-state index in [-0.39, 0.29) is 6.61 Å². The molecule has 2 heterocycles. The lowest BCUT2D eigenvalue weighted by Crippen LogP contribution is -2.37. The first-order valence-corrected chi connectivity index (χ1v) is 5.54. The summed E-state index contributed by atoms with van der Waals surface area (Å²) in [4.78, 5) is 6.48. The van der Waals surface area contributed by atoms with Crippen LogP contribution < -0.4 is 0 Å². The van der Waals surface area contributed by atoms with Gasteiger partial charge in [0.1, 0.15) is 0 Å². The van der Waals surface area contributed by atoms with Gasteiger partial charge in [-0.25, -0.2) is 0 Å². The molecule has 1 aliphatic heterocycles. The Morgan fingerprint density at radius 3 is 3.13 bits per heavy atom. The molecular weight excluding hydrogens is 188 g/mol. The summed E-state index contributed by atoms with van der Waals surface area (Å²) in [6.07, 6.45) is 5.99. The Kier molecular flexibility index (Phi) is 3.34. The molecule has 0 amide bonds. The summed E-state index contributed by atoms with van der Waals surface area (Å²) in [6, 6.07) is 4.39. The highest BCUT2D eigenvalue weighted by molar-refractivity contribution is 5.15. The van der Waals surface area contributed by atoms with Crippen molar-refractivity contribution in [3.63, 3.8) is 0 Å². The fourth-order valence-electron chi connectivity index (χ4n) is 2.53. The first-order chi connectivity index (χ1) is 7.33. The summed E-state index contributed by atoms with van der Waals surface area (Å²) in [6.45, 7) is 1.37.